The molecule has 3 fully saturated rings. The van der Waals surface area contributed by atoms with E-state index in [9.17, 15) is 29.1 Å². The van der Waals surface area contributed by atoms with Crippen molar-refractivity contribution in [3.8, 4) is 0 Å². The number of carbonyl (C=O) groups is 5. The van der Waals surface area contributed by atoms with Crippen molar-refractivity contribution in [2.75, 3.05) is 19.7 Å². The number of likely N-dealkylation sites (tertiary alicyclic amines) is 1. The first-order valence-corrected chi connectivity index (χ1v) is 12.0. The van der Waals surface area contributed by atoms with Crippen molar-refractivity contribution in [1.29, 1.82) is 0 Å². The topological polar surface area (TPSA) is 149 Å². The zero-order chi connectivity index (χ0) is 24.4. The number of aromatic amines is 1. The van der Waals surface area contributed by atoms with Crippen molar-refractivity contribution in [2.24, 2.45) is 17.8 Å². The lowest BCUT2D eigenvalue weighted by molar-refractivity contribution is -0.132. The molecule has 0 radical (unpaired) electrons. The quantitative estimate of drug-likeness (QED) is 0.383. The molecule has 4 N–H and O–H groups in total. The molecule has 2 aliphatic heterocycles. The first-order chi connectivity index (χ1) is 16.3. The number of rotatable bonds is 9. The van der Waals surface area contributed by atoms with Crippen LogP contribution in [0.1, 0.15) is 66.3 Å². The molecular weight excluding hydrogens is 440 g/mol. The Kier molecular flexibility index (Phi) is 7.16. The van der Waals surface area contributed by atoms with E-state index in [0.717, 1.165) is 19.3 Å². The van der Waals surface area contributed by atoms with Crippen molar-refractivity contribution >= 4 is 29.3 Å². The smallest absolute Gasteiger partial charge is 0.270 e. The van der Waals surface area contributed by atoms with E-state index in [1.165, 1.54) is 19.2 Å². The molecule has 3 heterocycles. The summed E-state index contributed by atoms with van der Waals surface area (Å²) in [5.74, 6) is -1.51. The highest BCUT2D eigenvalue weighted by Gasteiger charge is 2.50. The van der Waals surface area contributed by atoms with Gasteiger partial charge in [-0.05, 0) is 56.9 Å². The number of aliphatic hydroxyl groups excluding tert-OH is 1. The molecule has 4 rings (SSSR count). The Bertz CT molecular complexity index is 988. The lowest BCUT2D eigenvalue weighted by Gasteiger charge is -2.28. The molecule has 3 amide bonds. The Morgan fingerprint density at radius 2 is 2.03 bits per heavy atom. The van der Waals surface area contributed by atoms with Gasteiger partial charge in [0.2, 0.25) is 11.8 Å². The van der Waals surface area contributed by atoms with Gasteiger partial charge in [0, 0.05) is 30.8 Å². The number of nitrogens with one attached hydrogen (secondary N) is 3. The van der Waals surface area contributed by atoms with Gasteiger partial charge in [0.15, 0.2) is 11.6 Å². The van der Waals surface area contributed by atoms with E-state index in [4.69, 9.17) is 0 Å². The summed E-state index contributed by atoms with van der Waals surface area (Å²) in [5, 5.41) is 15.0. The minimum absolute atomic E-state index is 0.00308. The number of H-pyrrole nitrogens is 1. The SMILES string of the molecule is CC(=O)c1c[nH]c(C(=O)N2C[C@@H]3CCC[C@@H]3[C@H]2C(=O)N[C@@H](CC[C@@H]2CCNC2=O)C(=O)CO)c1. The summed E-state index contributed by atoms with van der Waals surface area (Å²) in [6, 6.07) is -0.149. The molecule has 1 aromatic rings. The molecule has 34 heavy (non-hydrogen) atoms. The number of carbonyl (C=O) groups excluding carboxylic acids is 5. The minimum Gasteiger partial charge on any atom is -0.389 e. The number of ketones is 2. The fraction of sp³-hybridized carbons (Fsp3) is 0.625. The number of hydrogen-bond donors (Lipinski definition) is 4. The molecule has 10 nitrogen and oxygen atoms in total. The number of hydrogen-bond acceptors (Lipinski definition) is 6. The van der Waals surface area contributed by atoms with Crippen LogP contribution >= 0.6 is 0 Å². The van der Waals surface area contributed by atoms with Gasteiger partial charge in [0.25, 0.3) is 5.91 Å². The molecule has 184 valence electrons. The van der Waals surface area contributed by atoms with Crippen LogP contribution < -0.4 is 10.6 Å². The summed E-state index contributed by atoms with van der Waals surface area (Å²) >= 11 is 0. The van der Waals surface area contributed by atoms with Gasteiger partial charge in [0.05, 0.1) is 6.04 Å². The van der Waals surface area contributed by atoms with Crippen molar-refractivity contribution < 1.29 is 29.1 Å². The van der Waals surface area contributed by atoms with E-state index >= 15 is 0 Å². The standard InChI is InChI=1S/C24H32N4O6/c1-13(30)16-9-19(26-10-16)24(34)28-11-15-3-2-4-17(15)21(28)23(33)27-18(20(31)12-29)6-5-14-7-8-25-22(14)32/h9-10,14-15,17-18,21,26,29H,2-8,11-12H2,1H3,(H,25,32)(H,27,33)/t14-,15+,17+,18+,21+/m1/s1. The second-order valence-corrected chi connectivity index (χ2v) is 9.65. The van der Waals surface area contributed by atoms with Gasteiger partial charge < -0.3 is 25.6 Å². The maximum absolute atomic E-state index is 13.5. The van der Waals surface area contributed by atoms with Crippen LogP contribution in [0.15, 0.2) is 12.3 Å². The molecule has 0 aromatic carbocycles. The predicted octanol–water partition coefficient (Wildman–Crippen LogP) is 0.421. The van der Waals surface area contributed by atoms with Gasteiger partial charge in [0.1, 0.15) is 18.3 Å². The average Bonchev–Trinajstić information content (AvgIpc) is 3.59. The van der Waals surface area contributed by atoms with Gasteiger partial charge in [-0.3, -0.25) is 24.0 Å². The van der Waals surface area contributed by atoms with Crippen LogP contribution in [0.25, 0.3) is 0 Å². The molecule has 3 aliphatic rings. The lowest BCUT2D eigenvalue weighted by Crippen LogP contribution is -2.53. The third-order valence-electron chi connectivity index (χ3n) is 7.57. The molecule has 5 atom stereocenters. The predicted molar refractivity (Wildman–Crippen MR) is 121 cm³/mol. The fourth-order valence-corrected chi connectivity index (χ4v) is 5.70. The van der Waals surface area contributed by atoms with Crippen molar-refractivity contribution in [1.82, 2.24) is 20.5 Å². The highest BCUT2D eigenvalue weighted by atomic mass is 16.3. The zero-order valence-corrected chi connectivity index (χ0v) is 19.3. The van der Waals surface area contributed by atoms with Gasteiger partial charge in [-0.25, -0.2) is 0 Å². The van der Waals surface area contributed by atoms with Gasteiger partial charge in [-0.1, -0.05) is 6.42 Å². The molecular formula is C24H32N4O6. The molecule has 0 unspecified atom stereocenters. The Morgan fingerprint density at radius 1 is 1.24 bits per heavy atom. The molecule has 0 bridgehead atoms. The van der Waals surface area contributed by atoms with Crippen LogP contribution in [-0.4, -0.2) is 76.1 Å². The summed E-state index contributed by atoms with van der Waals surface area (Å²) < 4.78 is 0. The molecule has 1 aromatic heterocycles. The first-order valence-electron chi connectivity index (χ1n) is 12.0. The van der Waals surface area contributed by atoms with Gasteiger partial charge in [-0.15, -0.1) is 0 Å². The summed E-state index contributed by atoms with van der Waals surface area (Å²) in [4.78, 5) is 67.1. The average molecular weight is 473 g/mol. The summed E-state index contributed by atoms with van der Waals surface area (Å²) in [5.41, 5.74) is 0.645. The third kappa shape index (κ3) is 4.77. The first kappa shape index (κ1) is 24.1. The monoisotopic (exact) mass is 472 g/mol. The Labute approximate surface area is 197 Å². The maximum atomic E-state index is 13.5. The largest absolute Gasteiger partial charge is 0.389 e. The van der Waals surface area contributed by atoms with Crippen molar-refractivity contribution in [3.05, 3.63) is 23.5 Å². The zero-order valence-electron chi connectivity index (χ0n) is 19.3. The number of amides is 3. The van der Waals surface area contributed by atoms with Crippen LogP contribution in [0.2, 0.25) is 0 Å². The summed E-state index contributed by atoms with van der Waals surface area (Å²) in [6.45, 7) is 1.75. The Hall–Kier alpha value is -3.01. The van der Waals surface area contributed by atoms with E-state index < -0.39 is 30.4 Å². The molecule has 10 heteroatoms. The van der Waals surface area contributed by atoms with Crippen LogP contribution in [0.4, 0.5) is 0 Å². The number of Topliss-reactive ketones (excluding diaryl/α,β-unsaturated/α-hetero) is 2. The van der Waals surface area contributed by atoms with E-state index in [1.807, 2.05) is 0 Å². The maximum Gasteiger partial charge on any atom is 0.270 e. The highest BCUT2D eigenvalue weighted by molar-refractivity contribution is 6.01. The van der Waals surface area contributed by atoms with Crippen LogP contribution in [0.3, 0.4) is 0 Å². The van der Waals surface area contributed by atoms with E-state index in [2.05, 4.69) is 15.6 Å². The van der Waals surface area contributed by atoms with Crippen molar-refractivity contribution in [3.63, 3.8) is 0 Å². The minimum atomic E-state index is -0.918. The summed E-state index contributed by atoms with van der Waals surface area (Å²) in [7, 11) is 0. The van der Waals surface area contributed by atoms with Gasteiger partial charge in [-0.2, -0.15) is 0 Å². The second-order valence-electron chi connectivity index (χ2n) is 9.65. The van der Waals surface area contributed by atoms with Gasteiger partial charge >= 0.3 is 0 Å². The Morgan fingerprint density at radius 3 is 2.68 bits per heavy atom. The van der Waals surface area contributed by atoms with E-state index in [1.54, 1.807) is 4.90 Å². The molecule has 1 saturated carbocycles. The van der Waals surface area contributed by atoms with E-state index in [0.29, 0.717) is 31.5 Å². The molecule has 1 aliphatic carbocycles. The number of aliphatic hydroxyl groups is 1. The molecule has 0 spiro atoms. The van der Waals surface area contributed by atoms with Crippen molar-refractivity contribution in [2.45, 2.75) is 57.5 Å². The molecule has 2 saturated heterocycles. The fourth-order valence-electron chi connectivity index (χ4n) is 5.70. The van der Waals surface area contributed by atoms with Crippen LogP contribution in [0.5, 0.6) is 0 Å². The third-order valence-corrected chi connectivity index (χ3v) is 7.57. The summed E-state index contributed by atoms with van der Waals surface area (Å²) in [6.07, 6.45) is 5.56. The highest BCUT2D eigenvalue weighted by Crippen LogP contribution is 2.42. The second kappa shape index (κ2) is 10.1. The number of aromatic nitrogens is 1. The number of fused-ring (bicyclic) bond motifs is 1. The normalized spacial score (nSPS) is 26.8. The Balaban J connectivity index is 1.50. The lowest BCUT2D eigenvalue weighted by atomic mass is 9.92. The van der Waals surface area contributed by atoms with E-state index in [-0.39, 0.29) is 47.5 Å². The number of nitrogens with zero attached hydrogens (tertiary/aromatic N) is 1. The van der Waals surface area contributed by atoms with Crippen LogP contribution in [-0.2, 0) is 14.4 Å². The van der Waals surface area contributed by atoms with Crippen LogP contribution in [0, 0.1) is 17.8 Å².